The number of amides is 1. The third-order valence-electron chi connectivity index (χ3n) is 7.42. The topological polar surface area (TPSA) is 59.7 Å². The monoisotopic (exact) mass is 590 g/mol. The first-order chi connectivity index (χ1) is 22.1. The van der Waals surface area contributed by atoms with Crippen LogP contribution < -0.4 is 9.75 Å². The van der Waals surface area contributed by atoms with Crippen LogP contribution >= 0.6 is 0 Å². The Bertz CT molecular complexity index is 2020. The number of hydrazone groups is 1. The summed E-state index contributed by atoms with van der Waals surface area (Å²) < 4.78 is 21.2. The minimum Gasteiger partial charge on any atom is -0.489 e. The highest BCUT2D eigenvalue weighted by Crippen LogP contribution is 2.32. The zero-order chi connectivity index (χ0) is 30.6. The molecule has 6 aromatic rings. The van der Waals surface area contributed by atoms with E-state index in [4.69, 9.17) is 14.9 Å². The fourth-order valence-corrected chi connectivity index (χ4v) is 5.16. The van der Waals surface area contributed by atoms with Crippen LogP contribution in [0.15, 0.2) is 156 Å². The molecule has 5 aromatic carbocycles. The molecule has 7 heteroatoms. The summed E-state index contributed by atoms with van der Waals surface area (Å²) in [5, 5.41) is 11.2. The normalized spacial score (nSPS) is 13.7. The molecule has 45 heavy (non-hydrogen) atoms. The molecule has 0 saturated carbocycles. The van der Waals surface area contributed by atoms with Crippen LogP contribution in [0, 0.1) is 5.82 Å². The highest BCUT2D eigenvalue weighted by atomic mass is 19.1. The lowest BCUT2D eigenvalue weighted by Gasteiger charge is -2.11. The molecule has 2 heterocycles. The van der Waals surface area contributed by atoms with Crippen molar-refractivity contribution in [2.24, 2.45) is 5.10 Å². The van der Waals surface area contributed by atoms with Gasteiger partial charge in [0.2, 0.25) is 0 Å². The van der Waals surface area contributed by atoms with E-state index >= 15 is 0 Å². The number of hydrogen-bond acceptors (Lipinski definition) is 4. The van der Waals surface area contributed by atoms with Crippen LogP contribution in [0.3, 0.4) is 0 Å². The molecule has 0 radical (unpaired) electrons. The van der Waals surface area contributed by atoms with Crippen LogP contribution in [0.25, 0.3) is 23.0 Å². The number of para-hydroxylation sites is 2. The summed E-state index contributed by atoms with van der Waals surface area (Å²) in [5.74, 6) is 0.128. The summed E-state index contributed by atoms with van der Waals surface area (Å²) >= 11 is 0. The number of halogens is 1. The third kappa shape index (κ3) is 5.92. The van der Waals surface area contributed by atoms with Crippen LogP contribution in [0.5, 0.6) is 5.75 Å². The molecule has 0 atom stereocenters. The Labute approximate surface area is 260 Å². The maximum atomic E-state index is 14.0. The van der Waals surface area contributed by atoms with E-state index in [0.717, 1.165) is 27.9 Å². The van der Waals surface area contributed by atoms with Crippen LogP contribution in [-0.4, -0.2) is 21.4 Å². The van der Waals surface area contributed by atoms with Crippen LogP contribution in [0.1, 0.15) is 16.7 Å². The smallest absolute Gasteiger partial charge is 0.281 e. The van der Waals surface area contributed by atoms with Gasteiger partial charge >= 0.3 is 0 Å². The summed E-state index contributed by atoms with van der Waals surface area (Å²) in [7, 11) is 0. The Morgan fingerprint density at radius 2 is 1.36 bits per heavy atom. The second kappa shape index (κ2) is 12.3. The van der Waals surface area contributed by atoms with E-state index < -0.39 is 0 Å². The van der Waals surface area contributed by atoms with Crippen molar-refractivity contribution in [3.05, 3.63) is 174 Å². The van der Waals surface area contributed by atoms with Crippen molar-refractivity contribution in [2.45, 2.75) is 6.61 Å². The molecule has 1 aromatic heterocycles. The molecule has 1 aliphatic rings. The Balaban J connectivity index is 1.31. The van der Waals surface area contributed by atoms with Gasteiger partial charge < -0.3 is 4.74 Å². The lowest BCUT2D eigenvalue weighted by molar-refractivity contribution is -0.114. The van der Waals surface area contributed by atoms with Gasteiger partial charge in [0.1, 0.15) is 29.6 Å². The molecule has 0 unspecified atom stereocenters. The zero-order valence-electron chi connectivity index (χ0n) is 24.1. The molecule has 6 nitrogen and oxygen atoms in total. The first-order valence-electron chi connectivity index (χ1n) is 14.5. The number of nitrogens with zero attached hydrogens (tertiary/aromatic N) is 4. The number of ether oxygens (including phenoxy) is 1. The quantitative estimate of drug-likeness (QED) is 0.168. The molecule has 7 rings (SSSR count). The van der Waals surface area contributed by atoms with Crippen molar-refractivity contribution in [1.29, 1.82) is 0 Å². The van der Waals surface area contributed by atoms with Gasteiger partial charge in [0.15, 0.2) is 0 Å². The Kier molecular flexibility index (Phi) is 7.56. The van der Waals surface area contributed by atoms with Gasteiger partial charge in [0.05, 0.1) is 16.9 Å². The Morgan fingerprint density at radius 3 is 2.07 bits per heavy atom. The van der Waals surface area contributed by atoms with Crippen LogP contribution in [0.2, 0.25) is 0 Å². The number of carbonyl (C=O) groups is 1. The molecular formula is C38H27FN4O2. The van der Waals surface area contributed by atoms with E-state index in [2.05, 4.69) is 0 Å². The largest absolute Gasteiger partial charge is 0.489 e. The average molecular weight is 591 g/mol. The fourth-order valence-electron chi connectivity index (χ4n) is 5.16. The van der Waals surface area contributed by atoms with Crippen molar-refractivity contribution in [3.8, 4) is 22.7 Å². The van der Waals surface area contributed by atoms with Crippen molar-refractivity contribution < 1.29 is 13.9 Å². The predicted molar refractivity (Wildman–Crippen MR) is 175 cm³/mol. The van der Waals surface area contributed by atoms with E-state index in [1.807, 2.05) is 132 Å². The van der Waals surface area contributed by atoms with Crippen molar-refractivity contribution >= 4 is 23.4 Å². The molecule has 0 aliphatic carbocycles. The van der Waals surface area contributed by atoms with E-state index in [1.54, 1.807) is 12.1 Å². The number of anilines is 1. The van der Waals surface area contributed by atoms with Gasteiger partial charge in [-0.15, -0.1) is 0 Å². The first-order valence-corrected chi connectivity index (χ1v) is 14.5. The SMILES string of the molecule is O=C1/C(=C\c2cn(-c3ccccc3)nc2-c2cccc(OCc3ccc(F)cc3)c2)C(c2ccccc2)=NN1c1ccccc1. The summed E-state index contributed by atoms with van der Waals surface area (Å²) in [6.07, 6.45) is 3.79. The van der Waals surface area contributed by atoms with E-state index in [1.165, 1.54) is 17.1 Å². The average Bonchev–Trinajstić information content (AvgIpc) is 3.67. The van der Waals surface area contributed by atoms with Gasteiger partial charge in [-0.25, -0.2) is 9.07 Å². The molecular weight excluding hydrogens is 563 g/mol. The van der Waals surface area contributed by atoms with Gasteiger partial charge in [-0.1, -0.05) is 91.0 Å². The van der Waals surface area contributed by atoms with E-state index in [0.29, 0.717) is 35.0 Å². The molecule has 0 N–H and O–H groups in total. The molecule has 1 aliphatic heterocycles. The number of benzene rings is 5. The van der Waals surface area contributed by atoms with Gasteiger partial charge in [-0.05, 0) is 60.2 Å². The summed E-state index contributed by atoms with van der Waals surface area (Å²) in [4.78, 5) is 14.0. The second-order valence-electron chi connectivity index (χ2n) is 10.5. The summed E-state index contributed by atoms with van der Waals surface area (Å²) in [5.41, 5.74) is 6.55. The molecule has 0 saturated heterocycles. The summed E-state index contributed by atoms with van der Waals surface area (Å²) in [6, 6.07) is 42.8. The summed E-state index contributed by atoms with van der Waals surface area (Å²) in [6.45, 7) is 0.291. The minimum atomic E-state index is -0.288. The van der Waals surface area contributed by atoms with Crippen molar-refractivity contribution in [2.75, 3.05) is 5.01 Å². The van der Waals surface area contributed by atoms with Crippen LogP contribution in [0.4, 0.5) is 10.1 Å². The van der Waals surface area contributed by atoms with Gasteiger partial charge in [0.25, 0.3) is 5.91 Å². The predicted octanol–water partition coefficient (Wildman–Crippen LogP) is 8.09. The van der Waals surface area contributed by atoms with Gasteiger partial charge in [0, 0.05) is 22.9 Å². The standard InChI is InChI=1S/C38H27FN4O2/c39-31-21-19-27(20-22-31)26-45-34-18-10-13-29(23-34)36-30(25-42(40-36)32-14-6-2-7-15-32)24-35-37(28-11-4-1-5-12-28)41-43(38(35)44)33-16-8-3-9-17-33/h1-25H,26H2/b35-24-. The molecule has 1 amide bonds. The van der Waals surface area contributed by atoms with E-state index in [-0.39, 0.29) is 11.7 Å². The minimum absolute atomic E-state index is 0.227. The van der Waals surface area contributed by atoms with Gasteiger partial charge in [-0.2, -0.15) is 15.2 Å². The second-order valence-corrected chi connectivity index (χ2v) is 10.5. The highest BCUT2D eigenvalue weighted by Gasteiger charge is 2.32. The van der Waals surface area contributed by atoms with E-state index in [9.17, 15) is 9.18 Å². The highest BCUT2D eigenvalue weighted by molar-refractivity contribution is 6.37. The first kappa shape index (κ1) is 27.7. The zero-order valence-corrected chi connectivity index (χ0v) is 24.1. The maximum absolute atomic E-state index is 14.0. The maximum Gasteiger partial charge on any atom is 0.281 e. The number of aromatic nitrogens is 2. The molecule has 0 spiro atoms. The molecule has 218 valence electrons. The lowest BCUT2D eigenvalue weighted by atomic mass is 9.99. The van der Waals surface area contributed by atoms with Crippen molar-refractivity contribution in [1.82, 2.24) is 9.78 Å². The third-order valence-corrected chi connectivity index (χ3v) is 7.42. The number of rotatable bonds is 8. The fraction of sp³-hybridized carbons (Fsp3) is 0.0263. The van der Waals surface area contributed by atoms with Gasteiger partial charge in [-0.3, -0.25) is 4.79 Å². The Hall–Kier alpha value is -6.08. The van der Waals surface area contributed by atoms with Crippen molar-refractivity contribution in [3.63, 3.8) is 0 Å². The molecule has 0 fully saturated rings. The van der Waals surface area contributed by atoms with Crippen LogP contribution in [-0.2, 0) is 11.4 Å². The number of carbonyl (C=O) groups excluding carboxylic acids is 1. The molecule has 0 bridgehead atoms. The lowest BCUT2D eigenvalue weighted by Crippen LogP contribution is -2.21. The number of hydrogen-bond donors (Lipinski definition) is 0. The Morgan fingerprint density at radius 1 is 0.711 bits per heavy atom.